The number of nitrogens with two attached hydrogens (primary N) is 1. The Morgan fingerprint density at radius 3 is 3.00 bits per heavy atom. The summed E-state index contributed by atoms with van der Waals surface area (Å²) in [6.07, 6.45) is 2.26. The molecular weight excluding hydrogens is 168 g/mol. The molecule has 1 aromatic rings. The summed E-state index contributed by atoms with van der Waals surface area (Å²) in [4.78, 5) is 4.22. The number of aliphatic hydroxyl groups is 1. The van der Waals surface area contributed by atoms with Gasteiger partial charge in [0.25, 0.3) is 0 Å². The largest absolute Gasteiger partial charge is 0.385 e. The van der Waals surface area contributed by atoms with E-state index in [1.807, 2.05) is 0 Å². The lowest BCUT2D eigenvalue weighted by Crippen LogP contribution is -2.08. The van der Waals surface area contributed by atoms with Crippen LogP contribution in [-0.2, 0) is 0 Å². The van der Waals surface area contributed by atoms with Gasteiger partial charge in [-0.1, -0.05) is 0 Å². The number of H-pyrrole nitrogens is 1. The van der Waals surface area contributed by atoms with Crippen molar-refractivity contribution in [1.82, 2.24) is 15.2 Å². The molecule has 0 aromatic carbocycles. The third-order valence-corrected chi connectivity index (χ3v) is 2.22. The predicted octanol–water partition coefficient (Wildman–Crippen LogP) is 0.0643. The molecule has 13 heavy (non-hydrogen) atoms. The molecule has 1 aliphatic carbocycles. The summed E-state index contributed by atoms with van der Waals surface area (Å²) in [5.41, 5.74) is 5.32. The Morgan fingerprint density at radius 1 is 1.62 bits per heavy atom. The van der Waals surface area contributed by atoms with Gasteiger partial charge in [0.2, 0.25) is 0 Å². The van der Waals surface area contributed by atoms with Gasteiger partial charge in [-0.25, -0.2) is 4.98 Å². The topological polar surface area (TPSA) is 87.8 Å². The van der Waals surface area contributed by atoms with E-state index in [9.17, 15) is 5.11 Å². The molecule has 1 fully saturated rings. The van der Waals surface area contributed by atoms with Gasteiger partial charge in [0.15, 0.2) is 5.82 Å². The maximum Gasteiger partial charge on any atom is 0.179 e. The summed E-state index contributed by atoms with van der Waals surface area (Å²) in [7, 11) is 0. The minimum absolute atomic E-state index is 0.453. The fourth-order valence-corrected chi connectivity index (χ4v) is 1.26. The first-order valence-corrected chi connectivity index (χ1v) is 4.61. The van der Waals surface area contributed by atoms with Crippen molar-refractivity contribution in [3.8, 4) is 0 Å². The van der Waals surface area contributed by atoms with E-state index < -0.39 is 6.10 Å². The van der Waals surface area contributed by atoms with Gasteiger partial charge in [-0.05, 0) is 25.8 Å². The summed E-state index contributed by atoms with van der Waals surface area (Å²) in [6.45, 7) is 0.453. The highest BCUT2D eigenvalue weighted by Crippen LogP contribution is 2.38. The molecule has 1 heterocycles. The molecule has 5 heteroatoms. The van der Waals surface area contributed by atoms with E-state index in [1.165, 1.54) is 12.8 Å². The lowest BCUT2D eigenvalue weighted by Gasteiger charge is -2.01. The van der Waals surface area contributed by atoms with Crippen LogP contribution >= 0.6 is 0 Å². The van der Waals surface area contributed by atoms with Gasteiger partial charge in [0.1, 0.15) is 11.9 Å². The summed E-state index contributed by atoms with van der Waals surface area (Å²) < 4.78 is 0. The van der Waals surface area contributed by atoms with Crippen LogP contribution in [0.25, 0.3) is 0 Å². The molecule has 2 rings (SSSR count). The van der Waals surface area contributed by atoms with Crippen LogP contribution in [0.2, 0.25) is 0 Å². The Morgan fingerprint density at radius 2 is 2.38 bits per heavy atom. The van der Waals surface area contributed by atoms with Crippen molar-refractivity contribution >= 4 is 0 Å². The Labute approximate surface area is 76.4 Å². The molecule has 0 radical (unpaired) electrons. The molecule has 0 spiro atoms. The van der Waals surface area contributed by atoms with Crippen LogP contribution in [-0.4, -0.2) is 26.8 Å². The number of aliphatic hydroxyl groups excluding tert-OH is 1. The number of rotatable bonds is 4. The molecule has 0 aliphatic heterocycles. The lowest BCUT2D eigenvalue weighted by molar-refractivity contribution is 0.161. The van der Waals surface area contributed by atoms with Crippen molar-refractivity contribution in [3.63, 3.8) is 0 Å². The maximum atomic E-state index is 9.51. The minimum atomic E-state index is -0.617. The first kappa shape index (κ1) is 8.65. The fraction of sp³-hybridized carbons (Fsp3) is 0.750. The van der Waals surface area contributed by atoms with E-state index in [0.717, 1.165) is 5.82 Å². The molecular formula is C8H14N4O. The summed E-state index contributed by atoms with van der Waals surface area (Å²) >= 11 is 0. The van der Waals surface area contributed by atoms with Gasteiger partial charge in [0.05, 0.1) is 0 Å². The van der Waals surface area contributed by atoms with Crippen LogP contribution in [0, 0.1) is 0 Å². The van der Waals surface area contributed by atoms with Gasteiger partial charge in [-0.2, -0.15) is 5.10 Å². The molecule has 0 saturated heterocycles. The van der Waals surface area contributed by atoms with Gasteiger partial charge in [0, 0.05) is 5.92 Å². The Kier molecular flexibility index (Phi) is 2.28. The van der Waals surface area contributed by atoms with Crippen molar-refractivity contribution in [1.29, 1.82) is 0 Å². The molecule has 0 amide bonds. The normalized spacial score (nSPS) is 18.9. The van der Waals surface area contributed by atoms with Crippen LogP contribution in [0.4, 0.5) is 0 Å². The van der Waals surface area contributed by atoms with E-state index in [-0.39, 0.29) is 0 Å². The third-order valence-electron chi connectivity index (χ3n) is 2.22. The molecule has 72 valence electrons. The number of aromatic amines is 1. The fourth-order valence-electron chi connectivity index (χ4n) is 1.26. The second kappa shape index (κ2) is 3.43. The lowest BCUT2D eigenvalue weighted by atomic mass is 10.2. The van der Waals surface area contributed by atoms with Crippen LogP contribution in [0.15, 0.2) is 0 Å². The van der Waals surface area contributed by atoms with E-state index in [1.54, 1.807) is 0 Å². The number of nitrogens with one attached hydrogen (secondary N) is 1. The van der Waals surface area contributed by atoms with Crippen LogP contribution in [0.1, 0.15) is 42.9 Å². The molecule has 1 aliphatic rings. The second-order valence-corrected chi connectivity index (χ2v) is 3.45. The number of aromatic nitrogens is 3. The second-order valence-electron chi connectivity index (χ2n) is 3.45. The number of hydrogen-bond acceptors (Lipinski definition) is 4. The van der Waals surface area contributed by atoms with Gasteiger partial charge in [-0.15, -0.1) is 0 Å². The quantitative estimate of drug-likeness (QED) is 0.614. The van der Waals surface area contributed by atoms with Crippen LogP contribution < -0.4 is 5.73 Å². The summed E-state index contributed by atoms with van der Waals surface area (Å²) in [5.74, 6) is 1.93. The number of hydrogen-bond donors (Lipinski definition) is 3. The molecule has 1 unspecified atom stereocenters. The van der Waals surface area contributed by atoms with Crippen molar-refractivity contribution < 1.29 is 5.11 Å². The zero-order chi connectivity index (χ0) is 9.26. The molecule has 5 nitrogen and oxygen atoms in total. The van der Waals surface area contributed by atoms with Crippen LogP contribution in [0.3, 0.4) is 0 Å². The van der Waals surface area contributed by atoms with Crippen molar-refractivity contribution in [3.05, 3.63) is 11.6 Å². The average Bonchev–Trinajstić information content (AvgIpc) is 2.84. The number of nitrogens with zero attached hydrogens (tertiary/aromatic N) is 2. The predicted molar refractivity (Wildman–Crippen MR) is 47.0 cm³/mol. The van der Waals surface area contributed by atoms with E-state index >= 15 is 0 Å². The average molecular weight is 182 g/mol. The highest BCUT2D eigenvalue weighted by molar-refractivity contribution is 5.05. The standard InChI is InChI=1S/C8H14N4O/c9-4-3-6(13)8-10-7(11-12-8)5-1-2-5/h5-6,13H,1-4,9H2,(H,10,11,12). The first-order chi connectivity index (χ1) is 6.31. The van der Waals surface area contributed by atoms with E-state index in [4.69, 9.17) is 5.73 Å². The zero-order valence-electron chi connectivity index (χ0n) is 7.40. The molecule has 4 N–H and O–H groups in total. The minimum Gasteiger partial charge on any atom is -0.385 e. The van der Waals surface area contributed by atoms with Crippen molar-refractivity contribution in [2.45, 2.75) is 31.3 Å². The zero-order valence-corrected chi connectivity index (χ0v) is 7.40. The van der Waals surface area contributed by atoms with E-state index in [0.29, 0.717) is 24.7 Å². The molecule has 1 atom stereocenters. The smallest absolute Gasteiger partial charge is 0.179 e. The molecule has 1 saturated carbocycles. The van der Waals surface area contributed by atoms with Crippen molar-refractivity contribution in [2.24, 2.45) is 5.73 Å². The highest BCUT2D eigenvalue weighted by atomic mass is 16.3. The van der Waals surface area contributed by atoms with Crippen LogP contribution in [0.5, 0.6) is 0 Å². The molecule has 0 bridgehead atoms. The van der Waals surface area contributed by atoms with Gasteiger partial charge in [-0.3, -0.25) is 5.10 Å². The Hall–Kier alpha value is -0.940. The van der Waals surface area contributed by atoms with Crippen molar-refractivity contribution in [2.75, 3.05) is 6.54 Å². The van der Waals surface area contributed by atoms with Gasteiger partial charge < -0.3 is 10.8 Å². The highest BCUT2D eigenvalue weighted by Gasteiger charge is 2.27. The Balaban J connectivity index is 2.03. The molecule has 1 aromatic heterocycles. The SMILES string of the molecule is NCCC(O)c1n[nH]c(C2CC2)n1. The summed E-state index contributed by atoms with van der Waals surface area (Å²) in [5, 5.41) is 16.3. The summed E-state index contributed by atoms with van der Waals surface area (Å²) in [6, 6.07) is 0. The monoisotopic (exact) mass is 182 g/mol. The Bertz CT molecular complexity index is 281. The third kappa shape index (κ3) is 1.87. The van der Waals surface area contributed by atoms with Gasteiger partial charge >= 0.3 is 0 Å². The first-order valence-electron chi connectivity index (χ1n) is 4.61. The maximum absolute atomic E-state index is 9.51. The van der Waals surface area contributed by atoms with E-state index in [2.05, 4.69) is 15.2 Å².